The van der Waals surface area contributed by atoms with E-state index in [1.54, 1.807) is 36.4 Å². The number of hydrogen-bond acceptors (Lipinski definition) is 7. The summed E-state index contributed by atoms with van der Waals surface area (Å²) in [6, 6.07) is 12.6. The van der Waals surface area contributed by atoms with Crippen LogP contribution in [0.15, 0.2) is 54.6 Å². The first-order chi connectivity index (χ1) is 15.8. The van der Waals surface area contributed by atoms with Gasteiger partial charge in [-0.15, -0.1) is 0 Å². The molecule has 1 fully saturated rings. The summed E-state index contributed by atoms with van der Waals surface area (Å²) in [7, 11) is -2.60. The van der Waals surface area contributed by atoms with E-state index in [9.17, 15) is 17.8 Å². The van der Waals surface area contributed by atoms with E-state index in [1.807, 2.05) is 18.2 Å². The van der Waals surface area contributed by atoms with E-state index >= 15 is 0 Å². The highest BCUT2D eigenvalue weighted by atomic mass is 32.3. The van der Waals surface area contributed by atoms with E-state index < -0.39 is 34.0 Å². The number of carbonyl (C=O) groups excluding carboxylic acids is 1. The van der Waals surface area contributed by atoms with Crippen LogP contribution in [0.4, 0.5) is 0 Å². The summed E-state index contributed by atoms with van der Waals surface area (Å²) < 4.78 is 49.7. The van der Waals surface area contributed by atoms with Crippen molar-refractivity contribution in [2.45, 2.75) is 36.5 Å². The van der Waals surface area contributed by atoms with Crippen molar-refractivity contribution in [3.8, 4) is 11.5 Å². The van der Waals surface area contributed by atoms with Gasteiger partial charge in [0.1, 0.15) is 12.2 Å². The Morgan fingerprint density at radius 3 is 2.73 bits per heavy atom. The molecule has 4 aliphatic rings. The smallest absolute Gasteiger partial charge is 0.398 e. The van der Waals surface area contributed by atoms with Crippen molar-refractivity contribution >= 4 is 16.4 Å². The third-order valence-electron chi connectivity index (χ3n) is 7.56. The Labute approximate surface area is 191 Å². The normalized spacial score (nSPS) is 31.6. The number of benzene rings is 2. The zero-order chi connectivity index (χ0) is 23.0. The molecule has 8 nitrogen and oxygen atoms in total. The van der Waals surface area contributed by atoms with E-state index in [2.05, 4.69) is 11.9 Å². The van der Waals surface area contributed by atoms with Crippen molar-refractivity contribution in [2.75, 3.05) is 13.6 Å². The minimum Gasteiger partial charge on any atom is -0.482 e. The molecule has 2 heterocycles. The number of hydrogen-bond donors (Lipinski definition) is 1. The number of rotatable bonds is 4. The third-order valence-corrected chi connectivity index (χ3v) is 8.03. The summed E-state index contributed by atoms with van der Waals surface area (Å²) in [5, 5.41) is 0. The van der Waals surface area contributed by atoms with Gasteiger partial charge in [-0.1, -0.05) is 36.4 Å². The van der Waals surface area contributed by atoms with E-state index in [0.717, 1.165) is 30.5 Å². The van der Waals surface area contributed by atoms with E-state index in [4.69, 9.17) is 13.7 Å². The third kappa shape index (κ3) is 3.07. The summed E-state index contributed by atoms with van der Waals surface area (Å²) in [4.78, 5) is 15.1. The van der Waals surface area contributed by atoms with Crippen LogP contribution in [0.3, 0.4) is 0 Å². The fraction of sp³-hybridized carbons (Fsp3) is 0.375. The zero-order valence-electron chi connectivity index (χ0n) is 17.9. The number of nitrogens with zero attached hydrogens (tertiary/aromatic N) is 1. The predicted octanol–water partition coefficient (Wildman–Crippen LogP) is 2.54. The van der Waals surface area contributed by atoms with Gasteiger partial charge in [0.15, 0.2) is 11.5 Å². The van der Waals surface area contributed by atoms with Crippen molar-refractivity contribution in [3.63, 3.8) is 0 Å². The maximum atomic E-state index is 12.8. The molecule has 2 aromatic carbocycles. The van der Waals surface area contributed by atoms with Crippen molar-refractivity contribution in [1.29, 1.82) is 0 Å². The Morgan fingerprint density at radius 1 is 1.18 bits per heavy atom. The second-order valence-corrected chi connectivity index (χ2v) is 10.2. The van der Waals surface area contributed by atoms with Crippen LogP contribution in [0.2, 0.25) is 0 Å². The van der Waals surface area contributed by atoms with Crippen LogP contribution in [-0.2, 0) is 26.4 Å². The van der Waals surface area contributed by atoms with Gasteiger partial charge in [0.2, 0.25) is 0 Å². The number of likely N-dealkylation sites (tertiary alicyclic amines) is 1. The molecule has 9 heteroatoms. The number of carbonyl (C=O) groups is 1. The number of likely N-dealkylation sites (N-methyl/N-ethyl adjacent to an activating group) is 1. The first-order valence-electron chi connectivity index (χ1n) is 10.9. The molecular weight excluding hydrogens is 446 g/mol. The first-order valence-corrected chi connectivity index (χ1v) is 12.3. The standard InChI is InChI=1S/C24H23NO7S/c1-25-12-11-24-16-8-10-19(32-33(27,28)29)22(24)31-21-18(9-7-15(20(21)24)13-17(16)25)30-23(26)14-5-3-2-4-6-14/h2-10,16-17,19,22H,11-13H2,1H3,(H,27,28,29). The molecule has 0 radical (unpaired) electrons. The lowest BCUT2D eigenvalue weighted by atomic mass is 9.53. The van der Waals surface area contributed by atoms with Crippen LogP contribution in [0.5, 0.6) is 11.5 Å². The largest absolute Gasteiger partial charge is 0.482 e. The van der Waals surface area contributed by atoms with Gasteiger partial charge in [0.25, 0.3) is 0 Å². The maximum absolute atomic E-state index is 12.8. The fourth-order valence-electron chi connectivity index (χ4n) is 6.25. The lowest BCUT2D eigenvalue weighted by Gasteiger charge is -2.56. The van der Waals surface area contributed by atoms with Crippen molar-refractivity contribution in [3.05, 3.63) is 71.3 Å². The summed E-state index contributed by atoms with van der Waals surface area (Å²) in [6.07, 6.45) is 3.54. The molecular formula is C24H23NO7S. The summed E-state index contributed by atoms with van der Waals surface area (Å²) in [5.41, 5.74) is 1.95. The summed E-state index contributed by atoms with van der Waals surface area (Å²) in [5.74, 6) is 0.340. The first kappa shape index (κ1) is 20.9. The molecule has 1 N–H and O–H groups in total. The van der Waals surface area contributed by atoms with Crippen molar-refractivity contribution < 1.29 is 31.4 Å². The zero-order valence-corrected chi connectivity index (χ0v) is 18.7. The molecule has 2 aromatic rings. The highest BCUT2D eigenvalue weighted by Crippen LogP contribution is 2.62. The van der Waals surface area contributed by atoms with E-state index in [1.165, 1.54) is 0 Å². The quantitative estimate of drug-likeness (QED) is 0.316. The molecule has 1 saturated heterocycles. The van der Waals surface area contributed by atoms with Crippen LogP contribution in [0.1, 0.15) is 27.9 Å². The second kappa shape index (κ2) is 7.14. The molecule has 1 spiro atoms. The molecule has 0 saturated carbocycles. The SMILES string of the molecule is CN1CCC23c4c5ccc(OC(=O)c6ccccc6)c4OC2C(OS(=O)(=O)O)C=CC3C1C5. The number of ether oxygens (including phenoxy) is 2. The molecule has 0 amide bonds. The Balaban J connectivity index is 1.47. The van der Waals surface area contributed by atoms with Gasteiger partial charge < -0.3 is 14.4 Å². The molecule has 2 bridgehead atoms. The Morgan fingerprint density at radius 2 is 1.97 bits per heavy atom. The van der Waals surface area contributed by atoms with Crippen LogP contribution >= 0.6 is 0 Å². The Bertz CT molecular complexity index is 1280. The number of piperidine rings is 1. The van der Waals surface area contributed by atoms with Gasteiger partial charge in [-0.25, -0.2) is 8.98 Å². The van der Waals surface area contributed by atoms with Gasteiger partial charge >= 0.3 is 16.4 Å². The fourth-order valence-corrected chi connectivity index (χ4v) is 6.69. The average molecular weight is 470 g/mol. The Hall–Kier alpha value is -2.72. The summed E-state index contributed by atoms with van der Waals surface area (Å²) in [6.45, 7) is 0.806. The molecule has 172 valence electrons. The predicted molar refractivity (Wildman–Crippen MR) is 118 cm³/mol. The molecule has 2 aliphatic carbocycles. The van der Waals surface area contributed by atoms with Gasteiger partial charge in [-0.2, -0.15) is 8.42 Å². The number of esters is 1. The monoisotopic (exact) mass is 469 g/mol. The van der Waals surface area contributed by atoms with Gasteiger partial charge in [0.05, 0.1) is 5.56 Å². The Kier molecular flexibility index (Phi) is 4.51. The second-order valence-electron chi connectivity index (χ2n) is 9.16. The average Bonchev–Trinajstić information content (AvgIpc) is 3.13. The summed E-state index contributed by atoms with van der Waals surface area (Å²) >= 11 is 0. The molecule has 5 atom stereocenters. The highest BCUT2D eigenvalue weighted by Gasteiger charge is 2.65. The topological polar surface area (TPSA) is 102 Å². The lowest BCUT2D eigenvalue weighted by Crippen LogP contribution is -2.65. The minimum absolute atomic E-state index is 0.0799. The minimum atomic E-state index is -4.69. The van der Waals surface area contributed by atoms with E-state index in [0.29, 0.717) is 17.1 Å². The molecule has 2 aliphatic heterocycles. The highest BCUT2D eigenvalue weighted by molar-refractivity contribution is 7.80. The van der Waals surface area contributed by atoms with Crippen molar-refractivity contribution in [1.82, 2.24) is 4.90 Å². The van der Waals surface area contributed by atoms with Crippen LogP contribution in [-0.4, -0.2) is 55.7 Å². The van der Waals surface area contributed by atoms with Crippen LogP contribution in [0, 0.1) is 5.92 Å². The van der Waals surface area contributed by atoms with Crippen LogP contribution < -0.4 is 9.47 Å². The van der Waals surface area contributed by atoms with Gasteiger partial charge in [-0.05, 0) is 50.2 Å². The van der Waals surface area contributed by atoms with E-state index in [-0.39, 0.29) is 12.0 Å². The maximum Gasteiger partial charge on any atom is 0.398 e. The van der Waals surface area contributed by atoms with Gasteiger partial charge in [0, 0.05) is 22.9 Å². The lowest BCUT2D eigenvalue weighted by molar-refractivity contribution is -0.0389. The molecule has 33 heavy (non-hydrogen) atoms. The van der Waals surface area contributed by atoms with Crippen molar-refractivity contribution in [2.24, 2.45) is 5.92 Å². The molecule has 5 unspecified atom stereocenters. The molecule has 6 rings (SSSR count). The van der Waals surface area contributed by atoms with Gasteiger partial charge in [-0.3, -0.25) is 4.55 Å². The molecule has 0 aromatic heterocycles. The van der Waals surface area contributed by atoms with Crippen LogP contribution in [0.25, 0.3) is 0 Å².